The van der Waals surface area contributed by atoms with Gasteiger partial charge in [0.05, 0.1) is 10.7 Å². The van der Waals surface area contributed by atoms with Crippen molar-refractivity contribution in [2.45, 2.75) is 38.8 Å². The molecule has 0 bridgehead atoms. The zero-order valence-corrected chi connectivity index (χ0v) is 10.4. The minimum Gasteiger partial charge on any atom is -0.384 e. The average molecular weight is 240 g/mol. The second-order valence-electron chi connectivity index (χ2n) is 4.48. The summed E-state index contributed by atoms with van der Waals surface area (Å²) in [6.07, 6.45) is 3.86. The average Bonchev–Trinajstić information content (AvgIpc) is 2.27. The first-order valence-corrected chi connectivity index (χ1v) is 6.19. The highest BCUT2D eigenvalue weighted by Crippen LogP contribution is 2.22. The van der Waals surface area contributed by atoms with Gasteiger partial charge in [0.2, 0.25) is 0 Å². The van der Waals surface area contributed by atoms with Crippen molar-refractivity contribution in [2.24, 2.45) is 0 Å². The van der Waals surface area contributed by atoms with Crippen molar-refractivity contribution in [3.8, 4) is 0 Å². The third-order valence-electron chi connectivity index (χ3n) is 3.23. The largest absolute Gasteiger partial charge is 0.384 e. The lowest BCUT2D eigenvalue weighted by Crippen LogP contribution is -2.37. The van der Waals surface area contributed by atoms with Gasteiger partial charge in [-0.15, -0.1) is 0 Å². The molecule has 3 nitrogen and oxygen atoms in total. The first kappa shape index (κ1) is 11.7. The van der Waals surface area contributed by atoms with E-state index in [2.05, 4.69) is 16.8 Å². The minimum atomic E-state index is 0.545. The topological polar surface area (TPSA) is 42.2 Å². The summed E-state index contributed by atoms with van der Waals surface area (Å²) in [6.45, 7) is 4.21. The van der Waals surface area contributed by atoms with Crippen LogP contribution in [0.15, 0.2) is 12.1 Å². The van der Waals surface area contributed by atoms with Crippen LogP contribution in [0, 0.1) is 0 Å². The van der Waals surface area contributed by atoms with Gasteiger partial charge in [0.15, 0.2) is 0 Å². The molecule has 16 heavy (non-hydrogen) atoms. The number of hydrogen-bond donors (Lipinski definition) is 1. The van der Waals surface area contributed by atoms with Gasteiger partial charge in [0, 0.05) is 12.6 Å². The second-order valence-corrected chi connectivity index (χ2v) is 4.89. The fourth-order valence-corrected chi connectivity index (χ4v) is 2.36. The standard InChI is InChI=1S/C12H18ClN3/c1-9-4-2-3-7-16(9)8-11-10(13)5-6-12(14)15-11/h5-6,9H,2-4,7-8H2,1H3,(H2,14,15). The van der Waals surface area contributed by atoms with Crippen LogP contribution in [-0.4, -0.2) is 22.5 Å². The Hall–Kier alpha value is -0.800. The molecule has 1 unspecified atom stereocenters. The van der Waals surface area contributed by atoms with Crippen LogP contribution < -0.4 is 5.73 Å². The van der Waals surface area contributed by atoms with Gasteiger partial charge in [-0.1, -0.05) is 18.0 Å². The van der Waals surface area contributed by atoms with Crippen LogP contribution in [0.2, 0.25) is 5.02 Å². The van der Waals surface area contributed by atoms with Crippen molar-refractivity contribution < 1.29 is 0 Å². The van der Waals surface area contributed by atoms with Crippen molar-refractivity contribution in [1.82, 2.24) is 9.88 Å². The lowest BCUT2D eigenvalue weighted by molar-refractivity contribution is 0.151. The Morgan fingerprint density at radius 1 is 1.50 bits per heavy atom. The van der Waals surface area contributed by atoms with Crippen molar-refractivity contribution in [3.63, 3.8) is 0 Å². The minimum absolute atomic E-state index is 0.545. The summed E-state index contributed by atoms with van der Waals surface area (Å²) < 4.78 is 0. The van der Waals surface area contributed by atoms with Crippen molar-refractivity contribution in [3.05, 3.63) is 22.8 Å². The molecule has 0 aliphatic carbocycles. The molecule has 1 aromatic rings. The second kappa shape index (κ2) is 5.02. The Morgan fingerprint density at radius 2 is 2.31 bits per heavy atom. The molecule has 0 aromatic carbocycles. The number of nitrogens with zero attached hydrogens (tertiary/aromatic N) is 2. The summed E-state index contributed by atoms with van der Waals surface area (Å²) in [5.74, 6) is 0.545. The van der Waals surface area contributed by atoms with E-state index in [0.29, 0.717) is 16.9 Å². The molecule has 0 amide bonds. The Labute approximate surface area is 102 Å². The molecule has 1 fully saturated rings. The molecule has 1 aliphatic rings. The maximum atomic E-state index is 6.12. The third kappa shape index (κ3) is 2.66. The third-order valence-corrected chi connectivity index (χ3v) is 3.58. The van der Waals surface area contributed by atoms with Gasteiger partial charge in [-0.2, -0.15) is 0 Å². The molecule has 1 saturated heterocycles. The first-order valence-electron chi connectivity index (χ1n) is 5.82. The molecule has 0 spiro atoms. The first-order chi connectivity index (χ1) is 7.66. The number of aromatic nitrogens is 1. The summed E-state index contributed by atoms with van der Waals surface area (Å²) in [5.41, 5.74) is 6.58. The number of halogens is 1. The number of nitrogens with two attached hydrogens (primary N) is 1. The highest BCUT2D eigenvalue weighted by atomic mass is 35.5. The van der Waals surface area contributed by atoms with E-state index in [-0.39, 0.29) is 0 Å². The molecule has 88 valence electrons. The van der Waals surface area contributed by atoms with Crippen molar-refractivity contribution in [2.75, 3.05) is 12.3 Å². The summed E-state index contributed by atoms with van der Waals surface area (Å²) in [4.78, 5) is 6.73. The Balaban J connectivity index is 2.10. The zero-order valence-electron chi connectivity index (χ0n) is 9.62. The number of piperidine rings is 1. The maximum Gasteiger partial charge on any atom is 0.123 e. The fourth-order valence-electron chi connectivity index (χ4n) is 2.20. The fraction of sp³-hybridized carbons (Fsp3) is 0.583. The van der Waals surface area contributed by atoms with E-state index in [1.165, 1.54) is 19.3 Å². The normalized spacial score (nSPS) is 22.2. The summed E-state index contributed by atoms with van der Waals surface area (Å²) in [5, 5.41) is 0.715. The van der Waals surface area contributed by atoms with Gasteiger partial charge >= 0.3 is 0 Å². The van der Waals surface area contributed by atoms with Gasteiger partial charge in [0.25, 0.3) is 0 Å². The molecule has 2 N–H and O–H groups in total. The quantitative estimate of drug-likeness (QED) is 0.863. The molecule has 2 heterocycles. The molecule has 2 rings (SSSR count). The van der Waals surface area contributed by atoms with Crippen LogP contribution in [0.4, 0.5) is 5.82 Å². The molecular formula is C12H18ClN3. The van der Waals surface area contributed by atoms with E-state index < -0.39 is 0 Å². The van der Waals surface area contributed by atoms with Crippen LogP contribution in [0.1, 0.15) is 31.9 Å². The van der Waals surface area contributed by atoms with E-state index in [4.69, 9.17) is 17.3 Å². The van der Waals surface area contributed by atoms with Gasteiger partial charge in [-0.25, -0.2) is 4.98 Å². The lowest BCUT2D eigenvalue weighted by atomic mass is 10.0. The highest BCUT2D eigenvalue weighted by Gasteiger charge is 2.19. The van der Waals surface area contributed by atoms with Crippen LogP contribution in [0.5, 0.6) is 0 Å². The maximum absolute atomic E-state index is 6.12. The number of anilines is 1. The number of pyridine rings is 1. The van der Waals surface area contributed by atoms with Gasteiger partial charge < -0.3 is 5.73 Å². The molecule has 1 aromatic heterocycles. The van der Waals surface area contributed by atoms with E-state index in [9.17, 15) is 0 Å². The van der Waals surface area contributed by atoms with E-state index in [0.717, 1.165) is 18.8 Å². The summed E-state index contributed by atoms with van der Waals surface area (Å²) in [7, 11) is 0. The van der Waals surface area contributed by atoms with E-state index in [1.807, 2.05) is 6.07 Å². The van der Waals surface area contributed by atoms with Crippen LogP contribution in [0.25, 0.3) is 0 Å². The Kier molecular flexibility index (Phi) is 3.66. The number of nitrogen functional groups attached to an aromatic ring is 1. The summed E-state index contributed by atoms with van der Waals surface area (Å²) in [6, 6.07) is 4.19. The van der Waals surface area contributed by atoms with Crippen LogP contribution >= 0.6 is 11.6 Å². The SMILES string of the molecule is CC1CCCCN1Cc1nc(N)ccc1Cl. The predicted molar refractivity (Wildman–Crippen MR) is 67.4 cm³/mol. The smallest absolute Gasteiger partial charge is 0.123 e. The number of rotatable bonds is 2. The van der Waals surface area contributed by atoms with Gasteiger partial charge in [-0.3, -0.25) is 4.90 Å². The molecule has 4 heteroatoms. The molecular weight excluding hydrogens is 222 g/mol. The summed E-state index contributed by atoms with van der Waals surface area (Å²) >= 11 is 6.12. The van der Waals surface area contributed by atoms with Crippen LogP contribution in [-0.2, 0) is 6.54 Å². The van der Waals surface area contributed by atoms with E-state index in [1.54, 1.807) is 6.07 Å². The Bertz CT molecular complexity index is 367. The molecule has 0 saturated carbocycles. The molecule has 1 atom stereocenters. The lowest BCUT2D eigenvalue weighted by Gasteiger charge is -2.33. The number of hydrogen-bond acceptors (Lipinski definition) is 3. The van der Waals surface area contributed by atoms with Crippen molar-refractivity contribution >= 4 is 17.4 Å². The molecule has 0 radical (unpaired) electrons. The monoisotopic (exact) mass is 239 g/mol. The van der Waals surface area contributed by atoms with Crippen molar-refractivity contribution in [1.29, 1.82) is 0 Å². The molecule has 1 aliphatic heterocycles. The van der Waals surface area contributed by atoms with E-state index >= 15 is 0 Å². The van der Waals surface area contributed by atoms with Gasteiger partial charge in [-0.05, 0) is 38.4 Å². The Morgan fingerprint density at radius 3 is 3.06 bits per heavy atom. The number of likely N-dealkylation sites (tertiary alicyclic amines) is 1. The van der Waals surface area contributed by atoms with Gasteiger partial charge in [0.1, 0.15) is 5.82 Å². The predicted octanol–water partition coefficient (Wildman–Crippen LogP) is 2.69. The zero-order chi connectivity index (χ0) is 11.5. The highest BCUT2D eigenvalue weighted by molar-refractivity contribution is 6.31. The van der Waals surface area contributed by atoms with Crippen LogP contribution in [0.3, 0.4) is 0 Å².